The molecule has 0 radical (unpaired) electrons. The van der Waals surface area contributed by atoms with Crippen molar-refractivity contribution in [2.24, 2.45) is 0 Å². The normalized spacial score (nSPS) is 10.6. The van der Waals surface area contributed by atoms with Gasteiger partial charge in [-0.15, -0.1) is 11.8 Å². The number of hydrogen-bond donors (Lipinski definition) is 1. The van der Waals surface area contributed by atoms with E-state index < -0.39 is 0 Å². The number of aromatic nitrogens is 3. The Morgan fingerprint density at radius 3 is 2.61 bits per heavy atom. The van der Waals surface area contributed by atoms with E-state index in [2.05, 4.69) is 15.3 Å². The van der Waals surface area contributed by atoms with Gasteiger partial charge in [-0.3, -0.25) is 9.36 Å². The third-order valence-electron chi connectivity index (χ3n) is 4.21. The van der Waals surface area contributed by atoms with Gasteiger partial charge in [0.2, 0.25) is 0 Å². The lowest BCUT2D eigenvalue weighted by atomic mass is 10.1. The predicted molar refractivity (Wildman–Crippen MR) is 111 cm³/mol. The summed E-state index contributed by atoms with van der Waals surface area (Å²) in [4.78, 5) is 32.5. The second-order valence-electron chi connectivity index (χ2n) is 6.38. The summed E-state index contributed by atoms with van der Waals surface area (Å²) < 4.78 is 1.56. The van der Waals surface area contributed by atoms with Gasteiger partial charge < -0.3 is 5.32 Å². The molecule has 1 amide bonds. The molecule has 1 aromatic carbocycles. The van der Waals surface area contributed by atoms with Crippen LogP contribution in [0.3, 0.4) is 0 Å². The van der Waals surface area contributed by atoms with Crippen LogP contribution in [0.15, 0.2) is 64.5 Å². The number of rotatable bonds is 7. The second-order valence-corrected chi connectivity index (χ2v) is 7.38. The third kappa shape index (κ3) is 5.29. The van der Waals surface area contributed by atoms with Gasteiger partial charge in [-0.2, -0.15) is 4.98 Å². The Morgan fingerprint density at radius 1 is 1.14 bits per heavy atom. The van der Waals surface area contributed by atoms with Crippen LogP contribution in [0.25, 0.3) is 0 Å². The van der Waals surface area contributed by atoms with Crippen LogP contribution in [0.5, 0.6) is 0 Å². The van der Waals surface area contributed by atoms with Gasteiger partial charge in [0.25, 0.3) is 5.91 Å². The summed E-state index contributed by atoms with van der Waals surface area (Å²) in [6.07, 6.45) is 1.78. The van der Waals surface area contributed by atoms with Crippen LogP contribution in [0.1, 0.15) is 27.3 Å². The van der Waals surface area contributed by atoms with Crippen LogP contribution in [0, 0.1) is 13.8 Å². The van der Waals surface area contributed by atoms with Gasteiger partial charge >= 0.3 is 5.69 Å². The first-order valence-electron chi connectivity index (χ1n) is 8.99. The SMILES string of the molecule is Cc1cc(C)n(CCNC(=O)c2ccc(CSc3ccccn3)cc2)c(=O)n1. The molecule has 0 saturated heterocycles. The molecule has 0 fully saturated rings. The average molecular weight is 395 g/mol. The van der Waals surface area contributed by atoms with Crippen molar-refractivity contribution in [3.63, 3.8) is 0 Å². The van der Waals surface area contributed by atoms with Crippen LogP contribution in [-0.2, 0) is 12.3 Å². The number of hydrogen-bond acceptors (Lipinski definition) is 5. The van der Waals surface area contributed by atoms with Gasteiger partial charge in [-0.1, -0.05) is 18.2 Å². The summed E-state index contributed by atoms with van der Waals surface area (Å²) in [6.45, 7) is 4.41. The van der Waals surface area contributed by atoms with Crippen molar-refractivity contribution in [3.05, 3.63) is 87.7 Å². The lowest BCUT2D eigenvalue weighted by Gasteiger charge is -2.11. The van der Waals surface area contributed by atoms with E-state index >= 15 is 0 Å². The summed E-state index contributed by atoms with van der Waals surface area (Å²) in [5.74, 6) is 0.636. The summed E-state index contributed by atoms with van der Waals surface area (Å²) in [6, 6.07) is 15.2. The summed E-state index contributed by atoms with van der Waals surface area (Å²) in [5, 5.41) is 3.82. The van der Waals surface area contributed by atoms with Crippen LogP contribution in [0.2, 0.25) is 0 Å². The number of thioether (sulfide) groups is 1. The fourth-order valence-electron chi connectivity index (χ4n) is 2.77. The van der Waals surface area contributed by atoms with Crippen LogP contribution in [-0.4, -0.2) is 27.0 Å². The lowest BCUT2D eigenvalue weighted by Crippen LogP contribution is -2.33. The first-order chi connectivity index (χ1) is 13.5. The molecule has 0 aliphatic rings. The summed E-state index contributed by atoms with van der Waals surface area (Å²) in [5.41, 5.74) is 2.96. The molecule has 0 unspecified atom stereocenters. The van der Waals surface area contributed by atoms with Crippen LogP contribution >= 0.6 is 11.8 Å². The van der Waals surface area contributed by atoms with Crippen molar-refractivity contribution in [1.82, 2.24) is 19.9 Å². The van der Waals surface area contributed by atoms with Crippen molar-refractivity contribution in [2.45, 2.75) is 31.2 Å². The maximum atomic E-state index is 12.3. The zero-order valence-corrected chi connectivity index (χ0v) is 16.7. The first kappa shape index (κ1) is 19.8. The number of carbonyl (C=O) groups excluding carboxylic acids is 1. The van der Waals surface area contributed by atoms with E-state index in [1.165, 1.54) is 0 Å². The fourth-order valence-corrected chi connectivity index (χ4v) is 3.59. The molecule has 0 atom stereocenters. The Kier molecular flexibility index (Phi) is 6.60. The first-order valence-corrected chi connectivity index (χ1v) is 9.97. The lowest BCUT2D eigenvalue weighted by molar-refractivity contribution is 0.0952. The highest BCUT2D eigenvalue weighted by molar-refractivity contribution is 7.98. The maximum absolute atomic E-state index is 12.3. The van der Waals surface area contributed by atoms with Crippen molar-refractivity contribution in [1.29, 1.82) is 0 Å². The zero-order chi connectivity index (χ0) is 19.9. The molecule has 28 heavy (non-hydrogen) atoms. The maximum Gasteiger partial charge on any atom is 0.348 e. The number of aryl methyl sites for hydroxylation is 2. The second kappa shape index (κ2) is 9.32. The number of benzene rings is 1. The Hall–Kier alpha value is -2.93. The molecule has 6 nitrogen and oxygen atoms in total. The van der Waals surface area contributed by atoms with E-state index in [9.17, 15) is 9.59 Å². The fraction of sp³-hybridized carbons (Fsp3) is 0.238. The minimum Gasteiger partial charge on any atom is -0.350 e. The molecular formula is C21H22N4O2S. The van der Waals surface area contributed by atoms with Gasteiger partial charge in [0.05, 0.1) is 5.03 Å². The van der Waals surface area contributed by atoms with Crippen molar-refractivity contribution in [2.75, 3.05) is 6.54 Å². The Morgan fingerprint density at radius 2 is 1.93 bits per heavy atom. The molecule has 2 heterocycles. The van der Waals surface area contributed by atoms with E-state index in [0.717, 1.165) is 22.0 Å². The molecule has 7 heteroatoms. The largest absolute Gasteiger partial charge is 0.350 e. The van der Waals surface area contributed by atoms with Crippen LogP contribution in [0.4, 0.5) is 0 Å². The molecular weight excluding hydrogens is 372 g/mol. The highest BCUT2D eigenvalue weighted by atomic mass is 32.2. The van der Waals surface area contributed by atoms with E-state index in [4.69, 9.17) is 0 Å². The Bertz CT molecular complexity index is 1000. The van der Waals surface area contributed by atoms with E-state index in [-0.39, 0.29) is 11.6 Å². The summed E-state index contributed by atoms with van der Waals surface area (Å²) in [7, 11) is 0. The van der Waals surface area contributed by atoms with Gasteiger partial charge in [0, 0.05) is 42.0 Å². The molecule has 0 bridgehead atoms. The average Bonchev–Trinajstić information content (AvgIpc) is 2.69. The molecule has 3 aromatic rings. The topological polar surface area (TPSA) is 76.9 Å². The van der Waals surface area contributed by atoms with E-state index in [0.29, 0.717) is 24.3 Å². The number of carbonyl (C=O) groups is 1. The Balaban J connectivity index is 1.51. The molecule has 3 rings (SSSR count). The number of amides is 1. The zero-order valence-electron chi connectivity index (χ0n) is 15.9. The molecule has 0 aliphatic heterocycles. The highest BCUT2D eigenvalue weighted by Gasteiger charge is 2.07. The number of pyridine rings is 1. The highest BCUT2D eigenvalue weighted by Crippen LogP contribution is 2.20. The minimum absolute atomic E-state index is 0.158. The van der Waals surface area contributed by atoms with E-state index in [1.54, 1.807) is 29.4 Å². The van der Waals surface area contributed by atoms with Crippen LogP contribution < -0.4 is 11.0 Å². The molecule has 0 aliphatic carbocycles. The van der Waals surface area contributed by atoms with Gasteiger partial charge in [0.15, 0.2) is 0 Å². The van der Waals surface area contributed by atoms with E-state index in [1.807, 2.05) is 55.5 Å². The monoisotopic (exact) mass is 394 g/mol. The number of nitrogens with one attached hydrogen (secondary N) is 1. The molecule has 2 aromatic heterocycles. The standard InChI is InChI=1S/C21H22N4O2S/c1-15-13-16(2)25(21(27)24-15)12-11-23-20(26)18-8-6-17(7-9-18)14-28-19-5-3-4-10-22-19/h3-10,13H,11-12,14H2,1-2H3,(H,23,26). The molecule has 0 spiro atoms. The third-order valence-corrected chi connectivity index (χ3v) is 5.22. The number of nitrogens with zero attached hydrogens (tertiary/aromatic N) is 3. The van der Waals surface area contributed by atoms with Crippen molar-refractivity contribution < 1.29 is 4.79 Å². The smallest absolute Gasteiger partial charge is 0.348 e. The quantitative estimate of drug-likeness (QED) is 0.624. The predicted octanol–water partition coefficient (Wildman–Crippen LogP) is 2.98. The van der Waals surface area contributed by atoms with Crippen molar-refractivity contribution >= 4 is 17.7 Å². The molecule has 144 valence electrons. The van der Waals surface area contributed by atoms with Crippen molar-refractivity contribution in [3.8, 4) is 0 Å². The molecule has 1 N–H and O–H groups in total. The van der Waals surface area contributed by atoms with Gasteiger partial charge in [-0.05, 0) is 49.7 Å². The minimum atomic E-state index is -0.290. The molecule has 0 saturated carbocycles. The Labute approximate surface area is 168 Å². The van der Waals surface area contributed by atoms with Gasteiger partial charge in [-0.25, -0.2) is 9.78 Å². The van der Waals surface area contributed by atoms with Gasteiger partial charge in [0.1, 0.15) is 0 Å². The summed E-state index contributed by atoms with van der Waals surface area (Å²) >= 11 is 1.65.